The largest absolute Gasteiger partial charge is 0.379 e. The number of anilines is 1. The quantitative estimate of drug-likeness (QED) is 0.794. The topological polar surface area (TPSA) is 56.1 Å². The van der Waals surface area contributed by atoms with Crippen LogP contribution in [0.15, 0.2) is 53.3 Å². The fourth-order valence-corrected chi connectivity index (χ4v) is 3.14. The first kappa shape index (κ1) is 15.2. The highest BCUT2D eigenvalue weighted by molar-refractivity contribution is 6.31. The van der Waals surface area contributed by atoms with Gasteiger partial charge in [0, 0.05) is 17.0 Å². The van der Waals surface area contributed by atoms with Crippen LogP contribution in [0.3, 0.4) is 0 Å². The number of hydrogen-bond acceptors (Lipinski definition) is 4. The molecule has 1 N–H and O–H groups in total. The number of benzene rings is 2. The van der Waals surface area contributed by atoms with Gasteiger partial charge in [0.1, 0.15) is 5.82 Å². The van der Waals surface area contributed by atoms with Crippen molar-refractivity contribution in [1.29, 1.82) is 0 Å². The van der Waals surface area contributed by atoms with Gasteiger partial charge in [-0.2, -0.15) is 4.98 Å². The summed E-state index contributed by atoms with van der Waals surface area (Å²) in [6.07, 6.45) is 0.901. The summed E-state index contributed by atoms with van der Waals surface area (Å²) in [5, 5.41) is 4.76. The molecule has 1 aromatic heterocycles. The highest BCUT2D eigenvalue weighted by Gasteiger charge is 2.19. The number of fused-ring (bicyclic) bond motifs is 1. The lowest BCUT2D eigenvalue weighted by Crippen LogP contribution is -2.27. The van der Waals surface area contributed by atoms with Crippen LogP contribution in [0.5, 0.6) is 0 Å². The van der Waals surface area contributed by atoms with Gasteiger partial charge in [-0.05, 0) is 36.8 Å². The summed E-state index contributed by atoms with van der Waals surface area (Å²) >= 11 is 6.18. The number of para-hydroxylation sites is 1. The third-order valence-corrected chi connectivity index (χ3v) is 4.37. The summed E-state index contributed by atoms with van der Waals surface area (Å²) < 4.78 is 6.97. The molecule has 0 aliphatic carbocycles. The molecule has 1 atom stereocenters. The third kappa shape index (κ3) is 2.77. The van der Waals surface area contributed by atoms with E-state index in [2.05, 4.69) is 10.3 Å². The van der Waals surface area contributed by atoms with Crippen molar-refractivity contribution in [3.8, 4) is 5.69 Å². The van der Waals surface area contributed by atoms with E-state index in [1.165, 1.54) is 0 Å². The molecule has 1 saturated heterocycles. The highest BCUT2D eigenvalue weighted by atomic mass is 35.5. The molecular weight excluding hydrogens is 326 g/mol. The number of ether oxygens (including phenoxy) is 1. The lowest BCUT2D eigenvalue weighted by Gasteiger charge is -2.16. The van der Waals surface area contributed by atoms with E-state index < -0.39 is 0 Å². The van der Waals surface area contributed by atoms with E-state index in [1.54, 1.807) is 10.6 Å². The standard InChI is InChI=1S/C18H16ClN3O2/c19-12-6-7-15-16(10-12)22(14-4-2-1-3-5-14)18(23)21-17(15)20-13-8-9-24-11-13/h1-7,10,13H,8-9,11H2,(H,20,21,23)/t13-/m0/s1. The molecule has 0 bridgehead atoms. The number of nitrogens with zero attached hydrogens (tertiary/aromatic N) is 2. The minimum absolute atomic E-state index is 0.170. The Kier molecular flexibility index (Phi) is 3.96. The van der Waals surface area contributed by atoms with Crippen LogP contribution in [0.25, 0.3) is 16.6 Å². The zero-order valence-corrected chi connectivity index (χ0v) is 13.7. The maximum Gasteiger partial charge on any atom is 0.354 e. The Balaban J connectivity index is 1.93. The van der Waals surface area contributed by atoms with E-state index >= 15 is 0 Å². The van der Waals surface area contributed by atoms with Gasteiger partial charge < -0.3 is 10.1 Å². The Hall–Kier alpha value is -2.37. The number of aromatic nitrogens is 2. The van der Waals surface area contributed by atoms with Gasteiger partial charge >= 0.3 is 5.69 Å². The number of hydrogen-bond donors (Lipinski definition) is 1. The molecule has 122 valence electrons. The molecule has 4 rings (SSSR count). The minimum Gasteiger partial charge on any atom is -0.379 e. The van der Waals surface area contributed by atoms with Gasteiger partial charge in [0.15, 0.2) is 0 Å². The van der Waals surface area contributed by atoms with Crippen molar-refractivity contribution in [2.24, 2.45) is 0 Å². The SMILES string of the molecule is O=c1nc(N[C@H]2CCOC2)c2ccc(Cl)cc2n1-c1ccccc1. The first-order chi connectivity index (χ1) is 11.7. The van der Waals surface area contributed by atoms with Gasteiger partial charge in [-0.1, -0.05) is 29.8 Å². The van der Waals surface area contributed by atoms with Crippen LogP contribution in [0.1, 0.15) is 6.42 Å². The Labute approximate surface area is 143 Å². The van der Waals surface area contributed by atoms with Crippen molar-refractivity contribution in [3.63, 3.8) is 0 Å². The zero-order chi connectivity index (χ0) is 16.5. The first-order valence-corrected chi connectivity index (χ1v) is 8.22. The van der Waals surface area contributed by atoms with Gasteiger partial charge in [-0.25, -0.2) is 4.79 Å². The molecule has 1 aliphatic heterocycles. The molecule has 0 spiro atoms. The molecular formula is C18H16ClN3O2. The molecule has 0 unspecified atom stereocenters. The van der Waals surface area contributed by atoms with Crippen molar-refractivity contribution in [1.82, 2.24) is 9.55 Å². The van der Waals surface area contributed by atoms with E-state index in [1.807, 2.05) is 42.5 Å². The lowest BCUT2D eigenvalue weighted by molar-refractivity contribution is 0.195. The van der Waals surface area contributed by atoms with Crippen LogP contribution < -0.4 is 11.0 Å². The number of rotatable bonds is 3. The molecule has 0 saturated carbocycles. The maximum absolute atomic E-state index is 12.7. The number of nitrogens with one attached hydrogen (secondary N) is 1. The fraction of sp³-hybridized carbons (Fsp3) is 0.222. The van der Waals surface area contributed by atoms with E-state index in [4.69, 9.17) is 16.3 Å². The first-order valence-electron chi connectivity index (χ1n) is 7.84. The van der Waals surface area contributed by atoms with E-state index in [9.17, 15) is 4.79 Å². The molecule has 0 radical (unpaired) electrons. The van der Waals surface area contributed by atoms with Gasteiger partial charge in [0.2, 0.25) is 0 Å². The van der Waals surface area contributed by atoms with Gasteiger partial charge in [0.25, 0.3) is 0 Å². The summed E-state index contributed by atoms with van der Waals surface area (Å²) in [7, 11) is 0. The van der Waals surface area contributed by atoms with E-state index in [0.717, 1.165) is 29.6 Å². The summed E-state index contributed by atoms with van der Waals surface area (Å²) in [6.45, 7) is 1.35. The van der Waals surface area contributed by atoms with Gasteiger partial charge in [-0.15, -0.1) is 0 Å². The van der Waals surface area contributed by atoms with Gasteiger partial charge in [0.05, 0.1) is 23.9 Å². The molecule has 5 nitrogen and oxygen atoms in total. The van der Waals surface area contributed by atoms with Crippen LogP contribution in [-0.2, 0) is 4.74 Å². The maximum atomic E-state index is 12.7. The average Bonchev–Trinajstić information content (AvgIpc) is 3.08. The Bertz CT molecular complexity index is 934. The third-order valence-electron chi connectivity index (χ3n) is 4.14. The molecule has 6 heteroatoms. The summed E-state index contributed by atoms with van der Waals surface area (Å²) in [5.74, 6) is 0.578. The fourth-order valence-electron chi connectivity index (χ4n) is 2.98. The van der Waals surface area contributed by atoms with Crippen LogP contribution in [0.2, 0.25) is 5.02 Å². The lowest BCUT2D eigenvalue weighted by atomic mass is 10.2. The van der Waals surface area contributed by atoms with Crippen molar-refractivity contribution in [2.45, 2.75) is 12.5 Å². The summed E-state index contributed by atoms with van der Waals surface area (Å²) in [6, 6.07) is 15.1. The van der Waals surface area contributed by atoms with E-state index in [0.29, 0.717) is 17.4 Å². The Morgan fingerprint density at radius 2 is 2.04 bits per heavy atom. The normalized spacial score (nSPS) is 17.3. The summed E-state index contributed by atoms with van der Waals surface area (Å²) in [5.41, 5.74) is 1.16. The molecule has 1 aliphatic rings. The van der Waals surface area contributed by atoms with Crippen molar-refractivity contribution in [3.05, 3.63) is 64.0 Å². The molecule has 3 aromatic rings. The Morgan fingerprint density at radius 3 is 2.79 bits per heavy atom. The molecule has 24 heavy (non-hydrogen) atoms. The van der Waals surface area contributed by atoms with Crippen molar-refractivity contribution in [2.75, 3.05) is 18.5 Å². The van der Waals surface area contributed by atoms with Crippen molar-refractivity contribution >= 4 is 28.3 Å². The highest BCUT2D eigenvalue weighted by Crippen LogP contribution is 2.26. The van der Waals surface area contributed by atoms with Crippen LogP contribution in [0.4, 0.5) is 5.82 Å². The average molecular weight is 342 g/mol. The summed E-state index contributed by atoms with van der Waals surface area (Å²) in [4.78, 5) is 16.9. The second-order valence-electron chi connectivity index (χ2n) is 5.78. The van der Waals surface area contributed by atoms with Crippen LogP contribution >= 0.6 is 11.6 Å². The molecule has 2 aromatic carbocycles. The predicted molar refractivity (Wildman–Crippen MR) is 95.2 cm³/mol. The Morgan fingerprint density at radius 1 is 1.21 bits per heavy atom. The van der Waals surface area contributed by atoms with Gasteiger partial charge in [-0.3, -0.25) is 4.57 Å². The molecule has 0 amide bonds. The smallest absolute Gasteiger partial charge is 0.354 e. The monoisotopic (exact) mass is 341 g/mol. The van der Waals surface area contributed by atoms with Crippen LogP contribution in [0, 0.1) is 0 Å². The molecule has 1 fully saturated rings. The molecule has 2 heterocycles. The minimum atomic E-state index is -0.336. The predicted octanol–water partition coefficient (Wildman–Crippen LogP) is 3.24. The van der Waals surface area contributed by atoms with Crippen molar-refractivity contribution < 1.29 is 4.74 Å². The second-order valence-corrected chi connectivity index (χ2v) is 6.22. The van der Waals surface area contributed by atoms with Crippen LogP contribution in [-0.4, -0.2) is 28.8 Å². The van der Waals surface area contributed by atoms with E-state index in [-0.39, 0.29) is 11.7 Å². The zero-order valence-electron chi connectivity index (χ0n) is 12.9. The number of halogens is 1. The second kappa shape index (κ2) is 6.26.